The Morgan fingerprint density at radius 3 is 2.68 bits per heavy atom. The summed E-state index contributed by atoms with van der Waals surface area (Å²) in [7, 11) is 0. The number of amides is 2. The van der Waals surface area contributed by atoms with Gasteiger partial charge in [-0.2, -0.15) is 0 Å². The number of rotatable bonds is 6. The molecule has 2 unspecified atom stereocenters. The lowest BCUT2D eigenvalue weighted by atomic mass is 9.86. The average Bonchev–Trinajstić information content (AvgIpc) is 3.32. The van der Waals surface area contributed by atoms with Crippen LogP contribution in [0, 0.1) is 5.92 Å². The van der Waals surface area contributed by atoms with Crippen LogP contribution >= 0.6 is 0 Å². The predicted molar refractivity (Wildman–Crippen MR) is 114 cm³/mol. The zero-order valence-corrected chi connectivity index (χ0v) is 17.9. The van der Waals surface area contributed by atoms with Gasteiger partial charge in [-0.05, 0) is 37.2 Å². The van der Waals surface area contributed by atoms with Gasteiger partial charge in [0.1, 0.15) is 11.7 Å². The predicted octanol–water partition coefficient (Wildman–Crippen LogP) is 3.86. The minimum absolute atomic E-state index is 0.0751. The molecule has 7 nitrogen and oxygen atoms in total. The first kappa shape index (κ1) is 21.3. The number of piperidine rings is 1. The highest BCUT2D eigenvalue weighted by molar-refractivity contribution is 5.85. The molecule has 1 aromatic carbocycles. The Labute approximate surface area is 181 Å². The summed E-state index contributed by atoms with van der Waals surface area (Å²) in [6.45, 7) is 4.20. The second-order valence-corrected chi connectivity index (χ2v) is 8.98. The Morgan fingerprint density at radius 1 is 1.29 bits per heavy atom. The molecule has 2 atom stereocenters. The van der Waals surface area contributed by atoms with Crippen LogP contribution in [0.15, 0.2) is 36.8 Å². The second-order valence-electron chi connectivity index (χ2n) is 8.98. The third kappa shape index (κ3) is 4.16. The number of alkyl halides is 1. The van der Waals surface area contributed by atoms with E-state index in [-0.39, 0.29) is 30.7 Å². The van der Waals surface area contributed by atoms with Gasteiger partial charge in [0.15, 0.2) is 0 Å². The minimum Gasteiger partial charge on any atom is -0.465 e. The fourth-order valence-electron chi connectivity index (χ4n) is 4.84. The summed E-state index contributed by atoms with van der Waals surface area (Å²) in [6, 6.07) is 7.46. The third-order valence-electron chi connectivity index (χ3n) is 6.65. The van der Waals surface area contributed by atoms with E-state index in [2.05, 4.69) is 27.0 Å². The van der Waals surface area contributed by atoms with Crippen molar-refractivity contribution in [1.29, 1.82) is 0 Å². The Morgan fingerprint density at radius 2 is 2.00 bits per heavy atom. The van der Waals surface area contributed by atoms with E-state index in [1.807, 2.05) is 24.7 Å². The lowest BCUT2D eigenvalue weighted by molar-refractivity contribution is -0.137. The number of imidazole rings is 1. The van der Waals surface area contributed by atoms with Crippen molar-refractivity contribution in [3.8, 4) is 11.3 Å². The maximum atomic E-state index is 15.6. The number of carboxylic acid groups (broad SMARTS) is 1. The fraction of sp³-hybridized carbons (Fsp3) is 0.522. The van der Waals surface area contributed by atoms with Crippen LogP contribution in [0.1, 0.15) is 51.1 Å². The topological polar surface area (TPSA) is 87.5 Å². The summed E-state index contributed by atoms with van der Waals surface area (Å²) < 4.78 is 17.8. The zero-order chi connectivity index (χ0) is 22.2. The molecule has 0 saturated carbocycles. The molecular weight excluding hydrogens is 399 g/mol. The van der Waals surface area contributed by atoms with E-state index in [1.165, 1.54) is 5.56 Å². The molecule has 2 N–H and O–H groups in total. The van der Waals surface area contributed by atoms with Gasteiger partial charge in [0.05, 0.1) is 24.3 Å². The number of carbonyl (C=O) groups is 2. The number of benzene rings is 1. The third-order valence-corrected chi connectivity index (χ3v) is 6.65. The lowest BCUT2D eigenvalue weighted by Crippen LogP contribution is -2.54. The van der Waals surface area contributed by atoms with E-state index in [0.29, 0.717) is 25.9 Å². The van der Waals surface area contributed by atoms with Gasteiger partial charge in [-0.15, -0.1) is 0 Å². The number of nitrogens with zero attached hydrogens (tertiary/aromatic N) is 3. The molecular formula is C23H29FN4O3. The van der Waals surface area contributed by atoms with Crippen LogP contribution in [0.25, 0.3) is 11.3 Å². The Balaban J connectivity index is 1.38. The van der Waals surface area contributed by atoms with Crippen molar-refractivity contribution in [2.75, 3.05) is 13.1 Å². The van der Waals surface area contributed by atoms with Gasteiger partial charge in [-0.1, -0.05) is 38.1 Å². The van der Waals surface area contributed by atoms with Gasteiger partial charge in [-0.3, -0.25) is 4.79 Å². The molecule has 2 aromatic rings. The summed E-state index contributed by atoms with van der Waals surface area (Å²) >= 11 is 0. The van der Waals surface area contributed by atoms with Crippen LogP contribution in [0.5, 0.6) is 0 Å². The van der Waals surface area contributed by atoms with Crippen LogP contribution in [0.2, 0.25) is 0 Å². The first-order valence-electron chi connectivity index (χ1n) is 10.9. The smallest absolute Gasteiger partial charge is 0.405 e. The molecule has 0 radical (unpaired) electrons. The molecule has 31 heavy (non-hydrogen) atoms. The highest BCUT2D eigenvalue weighted by Gasteiger charge is 2.39. The van der Waals surface area contributed by atoms with Gasteiger partial charge in [0.25, 0.3) is 0 Å². The number of carbonyl (C=O) groups excluding carboxylic acids is 1. The van der Waals surface area contributed by atoms with E-state index in [4.69, 9.17) is 5.11 Å². The molecule has 1 aromatic heterocycles. The molecule has 0 spiro atoms. The van der Waals surface area contributed by atoms with Crippen molar-refractivity contribution < 1.29 is 19.1 Å². The highest BCUT2D eigenvalue weighted by atomic mass is 19.1. The molecule has 2 aliphatic rings. The normalized spacial score (nSPS) is 20.3. The first-order chi connectivity index (χ1) is 14.8. The molecule has 2 aliphatic heterocycles. The van der Waals surface area contributed by atoms with Crippen molar-refractivity contribution in [2.45, 2.75) is 57.3 Å². The standard InChI is InChI=1S/C23H29FN4O3/c1-15(2)20(26-22(30)31)21(29)27-11-9-23(24,10-12-27)8-7-18-16-5-3-4-6-17(16)19-13-25-14-28(18)19/h3-6,13-15,18,20,26H,7-12H2,1-2H3,(H,30,31). The number of likely N-dealkylation sites (tertiary alicyclic amines) is 1. The molecule has 1 fully saturated rings. The summed E-state index contributed by atoms with van der Waals surface area (Å²) in [4.78, 5) is 29.6. The summed E-state index contributed by atoms with van der Waals surface area (Å²) in [5.74, 6) is -0.445. The first-order valence-corrected chi connectivity index (χ1v) is 10.9. The van der Waals surface area contributed by atoms with Crippen molar-refractivity contribution in [3.05, 3.63) is 42.4 Å². The lowest BCUT2D eigenvalue weighted by Gasteiger charge is -2.38. The molecule has 0 aliphatic carbocycles. The van der Waals surface area contributed by atoms with E-state index < -0.39 is 17.8 Å². The Bertz CT molecular complexity index is 965. The minimum atomic E-state index is -1.33. The highest BCUT2D eigenvalue weighted by Crippen LogP contribution is 2.43. The SMILES string of the molecule is CC(C)C(NC(=O)O)C(=O)N1CCC(F)(CCC2c3ccccc3-c3cncn32)CC1. The largest absolute Gasteiger partial charge is 0.465 e. The molecule has 166 valence electrons. The molecule has 3 heterocycles. The van der Waals surface area contributed by atoms with Crippen molar-refractivity contribution in [3.63, 3.8) is 0 Å². The summed E-state index contributed by atoms with van der Waals surface area (Å²) in [5.41, 5.74) is 2.10. The second kappa shape index (κ2) is 8.32. The average molecular weight is 429 g/mol. The Kier molecular flexibility index (Phi) is 5.73. The van der Waals surface area contributed by atoms with Crippen molar-refractivity contribution in [1.82, 2.24) is 19.8 Å². The number of hydrogen-bond acceptors (Lipinski definition) is 3. The van der Waals surface area contributed by atoms with Gasteiger partial charge < -0.3 is 19.9 Å². The van der Waals surface area contributed by atoms with Crippen LogP contribution in [-0.2, 0) is 4.79 Å². The maximum absolute atomic E-state index is 15.6. The summed E-state index contributed by atoms with van der Waals surface area (Å²) in [6.07, 6.45) is 4.05. The van der Waals surface area contributed by atoms with Crippen LogP contribution < -0.4 is 5.32 Å². The van der Waals surface area contributed by atoms with Gasteiger partial charge in [0.2, 0.25) is 5.91 Å². The zero-order valence-electron chi connectivity index (χ0n) is 17.9. The van der Waals surface area contributed by atoms with Gasteiger partial charge in [0, 0.05) is 18.7 Å². The molecule has 4 rings (SSSR count). The van der Waals surface area contributed by atoms with E-state index >= 15 is 4.39 Å². The molecule has 1 saturated heterocycles. The van der Waals surface area contributed by atoms with Crippen LogP contribution in [-0.4, -0.2) is 56.4 Å². The van der Waals surface area contributed by atoms with E-state index in [0.717, 1.165) is 11.3 Å². The number of aromatic nitrogens is 2. The molecule has 8 heteroatoms. The number of fused-ring (bicyclic) bond motifs is 3. The molecule has 0 bridgehead atoms. The monoisotopic (exact) mass is 428 g/mol. The fourth-order valence-corrected chi connectivity index (χ4v) is 4.84. The van der Waals surface area contributed by atoms with Crippen molar-refractivity contribution in [2.24, 2.45) is 5.92 Å². The van der Waals surface area contributed by atoms with Crippen LogP contribution in [0.4, 0.5) is 9.18 Å². The number of nitrogens with one attached hydrogen (secondary N) is 1. The quantitative estimate of drug-likeness (QED) is 0.732. The summed E-state index contributed by atoms with van der Waals surface area (Å²) in [5, 5.41) is 11.3. The van der Waals surface area contributed by atoms with Crippen molar-refractivity contribution >= 4 is 12.0 Å². The van der Waals surface area contributed by atoms with Crippen LogP contribution in [0.3, 0.4) is 0 Å². The van der Waals surface area contributed by atoms with E-state index in [9.17, 15) is 9.59 Å². The maximum Gasteiger partial charge on any atom is 0.405 e. The molecule has 2 amide bonds. The Hall–Kier alpha value is -2.90. The van der Waals surface area contributed by atoms with Gasteiger partial charge >= 0.3 is 6.09 Å². The van der Waals surface area contributed by atoms with Gasteiger partial charge in [-0.25, -0.2) is 14.2 Å². The number of halogens is 1. The van der Waals surface area contributed by atoms with E-state index in [1.54, 1.807) is 18.7 Å². The number of hydrogen-bond donors (Lipinski definition) is 2.